The van der Waals surface area contributed by atoms with Gasteiger partial charge in [0, 0.05) is 17.6 Å². The van der Waals surface area contributed by atoms with Crippen molar-refractivity contribution in [1.82, 2.24) is 9.97 Å². The number of amides is 1. The lowest BCUT2D eigenvalue weighted by molar-refractivity contribution is 0.102. The van der Waals surface area contributed by atoms with E-state index < -0.39 is 0 Å². The fraction of sp³-hybridized carbons (Fsp3) is 0.0909. The number of nitrogens with one attached hydrogen (secondary N) is 2. The molecule has 0 fully saturated rings. The second-order valence-corrected chi connectivity index (χ2v) is 3.49. The van der Waals surface area contributed by atoms with E-state index in [0.29, 0.717) is 17.1 Å². The number of rotatable bonds is 2. The van der Waals surface area contributed by atoms with Crippen LogP contribution in [0.1, 0.15) is 16.2 Å². The van der Waals surface area contributed by atoms with E-state index in [4.69, 9.17) is 5.73 Å². The molecule has 0 saturated heterocycles. The summed E-state index contributed by atoms with van der Waals surface area (Å²) in [7, 11) is 0. The van der Waals surface area contributed by atoms with Gasteiger partial charge in [0.05, 0.1) is 11.9 Å². The number of nitrogens with zero attached hydrogens (tertiary/aromatic N) is 1. The van der Waals surface area contributed by atoms with E-state index in [9.17, 15) is 4.79 Å². The molecule has 5 nitrogen and oxygen atoms in total. The van der Waals surface area contributed by atoms with E-state index in [-0.39, 0.29) is 5.91 Å². The summed E-state index contributed by atoms with van der Waals surface area (Å²) in [5.74, 6) is -0.234. The van der Waals surface area contributed by atoms with Gasteiger partial charge in [0.2, 0.25) is 0 Å². The van der Waals surface area contributed by atoms with Crippen molar-refractivity contribution < 1.29 is 4.79 Å². The smallest absolute Gasteiger partial charge is 0.272 e. The molecule has 16 heavy (non-hydrogen) atoms. The minimum atomic E-state index is -0.234. The molecule has 0 radical (unpaired) electrons. The van der Waals surface area contributed by atoms with Crippen LogP contribution in [0.15, 0.2) is 30.6 Å². The minimum Gasteiger partial charge on any atom is -0.397 e. The molecule has 0 bridgehead atoms. The molecule has 82 valence electrons. The van der Waals surface area contributed by atoms with Crippen LogP contribution in [0.25, 0.3) is 0 Å². The van der Waals surface area contributed by atoms with Crippen LogP contribution < -0.4 is 11.1 Å². The fourth-order valence-electron chi connectivity index (χ4n) is 1.28. The van der Waals surface area contributed by atoms with Crippen molar-refractivity contribution in [1.29, 1.82) is 0 Å². The summed E-state index contributed by atoms with van der Waals surface area (Å²) in [5, 5.41) is 2.71. The highest BCUT2D eigenvalue weighted by molar-refractivity contribution is 6.03. The number of nitrogens with two attached hydrogens (primary N) is 1. The zero-order valence-corrected chi connectivity index (χ0v) is 8.82. The molecule has 0 saturated carbocycles. The molecule has 2 aromatic rings. The molecule has 0 atom stereocenters. The van der Waals surface area contributed by atoms with E-state index in [0.717, 1.165) is 5.69 Å². The van der Waals surface area contributed by atoms with Crippen molar-refractivity contribution >= 4 is 17.3 Å². The molecule has 0 unspecified atom stereocenters. The van der Waals surface area contributed by atoms with Crippen molar-refractivity contribution in [2.24, 2.45) is 0 Å². The van der Waals surface area contributed by atoms with Crippen LogP contribution >= 0.6 is 0 Å². The Balaban J connectivity index is 2.10. The third-order valence-electron chi connectivity index (χ3n) is 2.12. The van der Waals surface area contributed by atoms with E-state index in [1.807, 2.05) is 13.0 Å². The Hall–Kier alpha value is -2.30. The molecule has 5 heteroatoms. The number of aromatic amines is 1. The number of carbonyl (C=O) groups excluding carboxylic acids is 1. The monoisotopic (exact) mass is 216 g/mol. The van der Waals surface area contributed by atoms with Gasteiger partial charge in [-0.1, -0.05) is 0 Å². The van der Waals surface area contributed by atoms with Gasteiger partial charge in [0.1, 0.15) is 5.69 Å². The van der Waals surface area contributed by atoms with E-state index in [1.165, 1.54) is 0 Å². The van der Waals surface area contributed by atoms with Crippen molar-refractivity contribution in [3.63, 3.8) is 0 Å². The number of nitrogen functional groups attached to an aromatic ring is 1. The first-order valence-corrected chi connectivity index (χ1v) is 4.83. The number of aryl methyl sites for hydroxylation is 1. The fourth-order valence-corrected chi connectivity index (χ4v) is 1.28. The molecular weight excluding hydrogens is 204 g/mol. The highest BCUT2D eigenvalue weighted by Crippen LogP contribution is 2.09. The highest BCUT2D eigenvalue weighted by Gasteiger charge is 2.07. The Morgan fingerprint density at radius 1 is 1.50 bits per heavy atom. The summed E-state index contributed by atoms with van der Waals surface area (Å²) in [6.45, 7) is 1.89. The van der Waals surface area contributed by atoms with Gasteiger partial charge in [-0.3, -0.25) is 9.78 Å². The SMILES string of the molecule is Cc1ccc(NC(=O)c2cc(N)c[nH]2)cn1. The highest BCUT2D eigenvalue weighted by atomic mass is 16.1. The molecule has 1 amide bonds. The molecular formula is C11H12N4O. The predicted octanol–water partition coefficient (Wildman–Crippen LogP) is 1.55. The van der Waals surface area contributed by atoms with Crippen molar-refractivity contribution in [3.8, 4) is 0 Å². The number of hydrogen-bond acceptors (Lipinski definition) is 3. The third-order valence-corrected chi connectivity index (χ3v) is 2.12. The van der Waals surface area contributed by atoms with Gasteiger partial charge >= 0.3 is 0 Å². The molecule has 2 heterocycles. The van der Waals surface area contributed by atoms with Crippen LogP contribution in [0.4, 0.5) is 11.4 Å². The molecule has 0 aliphatic heterocycles. The predicted molar refractivity (Wildman–Crippen MR) is 62.1 cm³/mol. The zero-order chi connectivity index (χ0) is 11.5. The van der Waals surface area contributed by atoms with Gasteiger partial charge < -0.3 is 16.0 Å². The van der Waals surface area contributed by atoms with Gasteiger partial charge in [-0.15, -0.1) is 0 Å². The lowest BCUT2D eigenvalue weighted by Gasteiger charge is -2.02. The van der Waals surface area contributed by atoms with E-state index in [1.54, 1.807) is 24.5 Å². The Morgan fingerprint density at radius 3 is 2.88 bits per heavy atom. The summed E-state index contributed by atoms with van der Waals surface area (Å²) in [6, 6.07) is 5.21. The average molecular weight is 216 g/mol. The zero-order valence-electron chi connectivity index (χ0n) is 8.82. The third kappa shape index (κ3) is 2.20. The topological polar surface area (TPSA) is 83.8 Å². The van der Waals surface area contributed by atoms with Crippen LogP contribution in [-0.2, 0) is 0 Å². The average Bonchev–Trinajstić information content (AvgIpc) is 2.68. The molecule has 2 rings (SSSR count). The maximum absolute atomic E-state index is 11.7. The quantitative estimate of drug-likeness (QED) is 0.712. The number of anilines is 2. The van der Waals surface area contributed by atoms with Gasteiger partial charge in [-0.2, -0.15) is 0 Å². The molecule has 0 aliphatic rings. The summed E-state index contributed by atoms with van der Waals surface area (Å²) in [6.07, 6.45) is 3.18. The van der Waals surface area contributed by atoms with E-state index in [2.05, 4.69) is 15.3 Å². The van der Waals surface area contributed by atoms with Crippen molar-refractivity contribution in [2.45, 2.75) is 6.92 Å². The molecule has 0 aromatic carbocycles. The summed E-state index contributed by atoms with van der Waals surface area (Å²) in [4.78, 5) is 18.5. The number of H-pyrrole nitrogens is 1. The molecule has 0 spiro atoms. The second-order valence-electron chi connectivity index (χ2n) is 3.49. The second kappa shape index (κ2) is 4.06. The number of hydrogen-bond donors (Lipinski definition) is 3. The summed E-state index contributed by atoms with van der Waals surface area (Å²) in [5.41, 5.74) is 8.03. The van der Waals surface area contributed by atoms with Crippen molar-refractivity contribution in [2.75, 3.05) is 11.1 Å². The first-order valence-electron chi connectivity index (χ1n) is 4.83. The van der Waals surface area contributed by atoms with Gasteiger partial charge in [-0.25, -0.2) is 0 Å². The number of pyridine rings is 1. The van der Waals surface area contributed by atoms with Gasteiger partial charge in [0.25, 0.3) is 5.91 Å². The summed E-state index contributed by atoms with van der Waals surface area (Å²) < 4.78 is 0. The Bertz CT molecular complexity index is 501. The first-order chi connectivity index (χ1) is 7.65. The van der Waals surface area contributed by atoms with Crippen LogP contribution in [0.5, 0.6) is 0 Å². The summed E-state index contributed by atoms with van der Waals surface area (Å²) >= 11 is 0. The van der Waals surface area contributed by atoms with Crippen LogP contribution in [-0.4, -0.2) is 15.9 Å². The largest absolute Gasteiger partial charge is 0.397 e. The Labute approximate surface area is 92.7 Å². The molecule has 0 aliphatic carbocycles. The number of aromatic nitrogens is 2. The van der Waals surface area contributed by atoms with Crippen LogP contribution in [0, 0.1) is 6.92 Å². The Kier molecular flexibility index (Phi) is 2.59. The van der Waals surface area contributed by atoms with Crippen LogP contribution in [0.3, 0.4) is 0 Å². The normalized spacial score (nSPS) is 10.1. The molecule has 4 N–H and O–H groups in total. The van der Waals surface area contributed by atoms with Gasteiger partial charge in [-0.05, 0) is 25.1 Å². The number of carbonyl (C=O) groups is 1. The first kappa shape index (κ1) is 10.2. The standard InChI is InChI=1S/C11H12N4O/c1-7-2-3-9(6-13-7)15-11(16)10-4-8(12)5-14-10/h2-6,14H,12H2,1H3,(H,15,16). The minimum absolute atomic E-state index is 0.234. The Morgan fingerprint density at radius 2 is 2.31 bits per heavy atom. The van der Waals surface area contributed by atoms with Crippen molar-refractivity contribution in [3.05, 3.63) is 42.0 Å². The maximum atomic E-state index is 11.7. The maximum Gasteiger partial charge on any atom is 0.272 e. The van der Waals surface area contributed by atoms with Gasteiger partial charge in [0.15, 0.2) is 0 Å². The lowest BCUT2D eigenvalue weighted by Crippen LogP contribution is -2.12. The molecule has 2 aromatic heterocycles. The van der Waals surface area contributed by atoms with E-state index >= 15 is 0 Å². The van der Waals surface area contributed by atoms with Crippen LogP contribution in [0.2, 0.25) is 0 Å². The lowest BCUT2D eigenvalue weighted by atomic mass is 10.3.